The maximum absolute atomic E-state index is 12.4. The fraction of sp³-hybridized carbons (Fsp3) is 1.00. The predicted octanol–water partition coefficient (Wildman–Crippen LogP) is 12.2. The van der Waals surface area contributed by atoms with Crippen LogP contribution in [0.1, 0.15) is 194 Å². The SMILES string of the molecule is CCCCCCCCCCCCCCCCP(=O)(O)CCCCCCCCCCCCCCCC. The van der Waals surface area contributed by atoms with Crippen molar-refractivity contribution in [3.8, 4) is 0 Å². The van der Waals surface area contributed by atoms with Crippen LogP contribution in [0.25, 0.3) is 0 Å². The van der Waals surface area contributed by atoms with Gasteiger partial charge in [0.1, 0.15) is 0 Å². The minimum atomic E-state index is -2.86. The highest BCUT2D eigenvalue weighted by Crippen LogP contribution is 2.42. The third-order valence-electron chi connectivity index (χ3n) is 7.72. The fourth-order valence-corrected chi connectivity index (χ4v) is 6.88. The summed E-state index contributed by atoms with van der Waals surface area (Å²) in [6.45, 7) is 4.56. The average molecular weight is 515 g/mol. The molecule has 0 aliphatic rings. The van der Waals surface area contributed by atoms with Gasteiger partial charge in [-0.05, 0) is 12.8 Å². The van der Waals surface area contributed by atoms with Crippen LogP contribution >= 0.6 is 7.37 Å². The van der Waals surface area contributed by atoms with E-state index in [1.807, 2.05) is 0 Å². The van der Waals surface area contributed by atoms with Gasteiger partial charge in [-0.15, -0.1) is 0 Å². The van der Waals surface area contributed by atoms with E-state index in [0.717, 1.165) is 25.7 Å². The van der Waals surface area contributed by atoms with E-state index in [4.69, 9.17) is 0 Å². The normalized spacial score (nSPS) is 12.0. The Morgan fingerprint density at radius 3 is 0.714 bits per heavy atom. The molecule has 0 aromatic carbocycles. The number of hydrogen-bond acceptors (Lipinski definition) is 1. The maximum Gasteiger partial charge on any atom is 0.200 e. The van der Waals surface area contributed by atoms with Gasteiger partial charge in [-0.25, -0.2) is 0 Å². The molecule has 35 heavy (non-hydrogen) atoms. The molecule has 0 radical (unpaired) electrons. The Morgan fingerprint density at radius 2 is 0.514 bits per heavy atom. The Labute approximate surface area is 222 Å². The smallest absolute Gasteiger partial charge is 0.200 e. The summed E-state index contributed by atoms with van der Waals surface area (Å²) >= 11 is 0. The molecule has 0 spiro atoms. The van der Waals surface area contributed by atoms with Crippen molar-refractivity contribution in [1.82, 2.24) is 0 Å². The van der Waals surface area contributed by atoms with E-state index in [9.17, 15) is 9.46 Å². The summed E-state index contributed by atoms with van der Waals surface area (Å²) in [6.07, 6.45) is 38.4. The minimum absolute atomic E-state index is 0.559. The largest absolute Gasteiger partial charge is 0.344 e. The van der Waals surface area contributed by atoms with Crippen LogP contribution in [0.5, 0.6) is 0 Å². The summed E-state index contributed by atoms with van der Waals surface area (Å²) in [5.41, 5.74) is 0. The lowest BCUT2D eigenvalue weighted by Gasteiger charge is -2.11. The van der Waals surface area contributed by atoms with Gasteiger partial charge in [-0.3, -0.25) is 4.57 Å². The third kappa shape index (κ3) is 30.3. The molecule has 0 rings (SSSR count). The summed E-state index contributed by atoms with van der Waals surface area (Å²) in [5.74, 6) is 0. The van der Waals surface area contributed by atoms with Crippen LogP contribution in [0.2, 0.25) is 0 Å². The first-order valence-corrected chi connectivity index (χ1v) is 18.5. The first-order chi connectivity index (χ1) is 17.1. The molecule has 0 aromatic heterocycles. The lowest BCUT2D eigenvalue weighted by atomic mass is 10.0. The van der Waals surface area contributed by atoms with Crippen LogP contribution in [-0.2, 0) is 4.57 Å². The van der Waals surface area contributed by atoms with E-state index < -0.39 is 7.37 Å². The second-order valence-electron chi connectivity index (χ2n) is 11.5. The molecule has 0 heterocycles. The van der Waals surface area contributed by atoms with Crippen LogP contribution in [0.4, 0.5) is 0 Å². The number of hydrogen-bond donors (Lipinski definition) is 1. The summed E-state index contributed by atoms with van der Waals surface area (Å²) < 4.78 is 12.4. The highest BCUT2D eigenvalue weighted by molar-refractivity contribution is 7.57. The standard InChI is InChI=1S/C32H67O2P/c1-3-5-7-9-11-13-15-17-19-21-23-25-27-29-31-35(33,34)32-30-28-26-24-22-20-18-16-14-12-10-8-6-4-2/h3-32H2,1-2H3,(H,33,34). The zero-order valence-corrected chi connectivity index (χ0v) is 25.4. The first-order valence-electron chi connectivity index (χ1n) is 16.4. The molecule has 0 bridgehead atoms. The van der Waals surface area contributed by atoms with Crippen molar-refractivity contribution in [3.63, 3.8) is 0 Å². The Balaban J connectivity index is 3.28. The summed E-state index contributed by atoms with van der Waals surface area (Å²) in [7, 11) is -2.86. The summed E-state index contributed by atoms with van der Waals surface area (Å²) in [5, 5.41) is 0. The van der Waals surface area contributed by atoms with Gasteiger partial charge in [0.15, 0.2) is 0 Å². The van der Waals surface area contributed by atoms with Crippen molar-refractivity contribution < 1.29 is 9.46 Å². The van der Waals surface area contributed by atoms with Crippen LogP contribution in [0, 0.1) is 0 Å². The highest BCUT2D eigenvalue weighted by Gasteiger charge is 2.16. The first kappa shape index (κ1) is 35.2. The van der Waals surface area contributed by atoms with Crippen molar-refractivity contribution in [2.75, 3.05) is 12.3 Å². The van der Waals surface area contributed by atoms with Crippen molar-refractivity contribution in [2.45, 2.75) is 194 Å². The molecule has 212 valence electrons. The lowest BCUT2D eigenvalue weighted by molar-refractivity contribution is 0.468. The molecule has 0 aliphatic heterocycles. The second kappa shape index (κ2) is 28.8. The van der Waals surface area contributed by atoms with Gasteiger partial charge < -0.3 is 4.89 Å². The van der Waals surface area contributed by atoms with Crippen LogP contribution in [-0.4, -0.2) is 17.2 Å². The lowest BCUT2D eigenvalue weighted by Crippen LogP contribution is -1.96. The third-order valence-corrected chi connectivity index (χ3v) is 9.75. The maximum atomic E-state index is 12.4. The molecule has 0 aliphatic carbocycles. The van der Waals surface area contributed by atoms with Crippen molar-refractivity contribution >= 4 is 7.37 Å². The van der Waals surface area contributed by atoms with E-state index in [1.165, 1.54) is 154 Å². The van der Waals surface area contributed by atoms with Crippen molar-refractivity contribution in [3.05, 3.63) is 0 Å². The Kier molecular flexibility index (Phi) is 28.9. The van der Waals surface area contributed by atoms with Crippen molar-refractivity contribution in [2.24, 2.45) is 0 Å². The molecule has 0 unspecified atom stereocenters. The molecule has 0 saturated heterocycles. The molecule has 0 aromatic rings. The Hall–Kier alpha value is 0.190. The number of rotatable bonds is 30. The summed E-state index contributed by atoms with van der Waals surface area (Å²) in [4.78, 5) is 10.3. The zero-order chi connectivity index (χ0) is 25.7. The molecule has 1 N–H and O–H groups in total. The van der Waals surface area contributed by atoms with E-state index in [2.05, 4.69) is 13.8 Å². The van der Waals surface area contributed by atoms with Gasteiger partial charge >= 0.3 is 0 Å². The van der Waals surface area contributed by atoms with Gasteiger partial charge in [0.2, 0.25) is 7.37 Å². The zero-order valence-electron chi connectivity index (χ0n) is 24.5. The van der Waals surface area contributed by atoms with Crippen LogP contribution in [0.15, 0.2) is 0 Å². The monoisotopic (exact) mass is 514 g/mol. The second-order valence-corrected chi connectivity index (χ2v) is 14.1. The molecule has 0 saturated carbocycles. The quantitative estimate of drug-likeness (QED) is 0.0764. The van der Waals surface area contributed by atoms with Gasteiger partial charge in [-0.1, -0.05) is 181 Å². The molecule has 2 nitrogen and oxygen atoms in total. The van der Waals surface area contributed by atoms with E-state index in [-0.39, 0.29) is 0 Å². The van der Waals surface area contributed by atoms with Gasteiger partial charge in [0, 0.05) is 12.3 Å². The van der Waals surface area contributed by atoms with E-state index in [0.29, 0.717) is 12.3 Å². The van der Waals surface area contributed by atoms with Gasteiger partial charge in [0.25, 0.3) is 0 Å². The predicted molar refractivity (Wildman–Crippen MR) is 160 cm³/mol. The Bertz CT molecular complexity index is 401. The fourth-order valence-electron chi connectivity index (χ4n) is 5.22. The molecule has 3 heteroatoms. The van der Waals surface area contributed by atoms with Crippen LogP contribution in [0.3, 0.4) is 0 Å². The Morgan fingerprint density at radius 1 is 0.343 bits per heavy atom. The molecule has 0 atom stereocenters. The summed E-state index contributed by atoms with van der Waals surface area (Å²) in [6, 6.07) is 0. The van der Waals surface area contributed by atoms with E-state index >= 15 is 0 Å². The van der Waals surface area contributed by atoms with Crippen LogP contribution < -0.4 is 0 Å². The van der Waals surface area contributed by atoms with Crippen molar-refractivity contribution in [1.29, 1.82) is 0 Å². The average Bonchev–Trinajstić information content (AvgIpc) is 2.84. The minimum Gasteiger partial charge on any atom is -0.344 e. The van der Waals surface area contributed by atoms with E-state index in [1.54, 1.807) is 0 Å². The number of unbranched alkanes of at least 4 members (excludes halogenated alkanes) is 26. The van der Waals surface area contributed by atoms with Gasteiger partial charge in [0.05, 0.1) is 0 Å². The molecular formula is C32H67O2P. The molecule has 0 fully saturated rings. The highest BCUT2D eigenvalue weighted by atomic mass is 31.2. The molecular weight excluding hydrogens is 447 g/mol. The van der Waals surface area contributed by atoms with Gasteiger partial charge in [-0.2, -0.15) is 0 Å². The topological polar surface area (TPSA) is 37.3 Å². The molecule has 0 amide bonds.